The van der Waals surface area contributed by atoms with Gasteiger partial charge in [-0.1, -0.05) is 6.92 Å². The molecule has 2 rings (SSSR count). The number of hydrazone groups is 1. The van der Waals surface area contributed by atoms with Crippen LogP contribution in [0.25, 0.3) is 6.08 Å². The lowest BCUT2D eigenvalue weighted by Gasteiger charge is -2.19. The second kappa shape index (κ2) is 5.57. The molecule has 1 aliphatic rings. The van der Waals surface area contributed by atoms with Crippen LogP contribution in [0.1, 0.15) is 30.7 Å². The van der Waals surface area contributed by atoms with Crippen LogP contribution in [0.3, 0.4) is 0 Å². The van der Waals surface area contributed by atoms with E-state index in [0.717, 1.165) is 21.9 Å². The number of carbonyl (C=O) groups excluding carboxylic acids is 1. The summed E-state index contributed by atoms with van der Waals surface area (Å²) in [5.74, 6) is 0.128. The maximum Gasteiger partial charge on any atom is 0.240 e. The predicted molar refractivity (Wildman–Crippen MR) is 78.6 cm³/mol. The van der Waals surface area contributed by atoms with E-state index >= 15 is 0 Å². The highest BCUT2D eigenvalue weighted by atomic mass is 32.1. The Morgan fingerprint density at radius 1 is 1.63 bits per heavy atom. The number of allylic oxidation sites excluding steroid dienone is 1. The highest BCUT2D eigenvalue weighted by molar-refractivity contribution is 7.14. The molecule has 0 radical (unpaired) electrons. The van der Waals surface area contributed by atoms with Gasteiger partial charge in [-0.3, -0.25) is 4.79 Å². The molecule has 0 spiro atoms. The lowest BCUT2D eigenvalue weighted by molar-refractivity contribution is -0.121. The van der Waals surface area contributed by atoms with E-state index in [1.165, 1.54) is 4.88 Å². The minimum Gasteiger partial charge on any atom is -0.487 e. The molecule has 19 heavy (non-hydrogen) atoms. The Morgan fingerprint density at radius 2 is 2.37 bits per heavy atom. The first-order valence-corrected chi connectivity index (χ1v) is 7.02. The number of carbonyl (C=O) groups is 1. The summed E-state index contributed by atoms with van der Waals surface area (Å²) in [5, 5.41) is 5.07. The lowest BCUT2D eigenvalue weighted by Crippen LogP contribution is -2.31. The molecule has 1 atom stereocenters. The van der Waals surface area contributed by atoms with Gasteiger partial charge < -0.3 is 4.74 Å². The fourth-order valence-electron chi connectivity index (χ4n) is 2.21. The lowest BCUT2D eigenvalue weighted by atomic mass is 9.94. The molecule has 2 heterocycles. The van der Waals surface area contributed by atoms with Crippen molar-refractivity contribution in [1.82, 2.24) is 5.43 Å². The van der Waals surface area contributed by atoms with Gasteiger partial charge in [-0.25, -0.2) is 5.43 Å². The fraction of sp³-hybridized carbons (Fsp3) is 0.429. The Bertz CT molecular complexity index is 558. The smallest absolute Gasteiger partial charge is 0.240 e. The van der Waals surface area contributed by atoms with Crippen molar-refractivity contribution >= 4 is 29.0 Å². The maximum absolute atomic E-state index is 11.2. The fourth-order valence-corrected chi connectivity index (χ4v) is 3.01. The van der Waals surface area contributed by atoms with Gasteiger partial charge in [0.05, 0.1) is 12.8 Å². The largest absolute Gasteiger partial charge is 0.487 e. The molecule has 1 amide bonds. The molecule has 0 bridgehead atoms. The zero-order chi connectivity index (χ0) is 14.0. The van der Waals surface area contributed by atoms with E-state index in [0.29, 0.717) is 6.42 Å². The van der Waals surface area contributed by atoms with Crippen LogP contribution in [0.5, 0.6) is 5.06 Å². The Hall–Kier alpha value is -1.62. The summed E-state index contributed by atoms with van der Waals surface area (Å²) in [7, 11) is 1.68. The SMILES string of the molecule is COc1sc(C)cc1C=C(C)C1=NNC(=O)CC1C. The first kappa shape index (κ1) is 13.8. The molecular formula is C14H18N2O2S. The summed E-state index contributed by atoms with van der Waals surface area (Å²) in [4.78, 5) is 12.5. The van der Waals surface area contributed by atoms with E-state index in [9.17, 15) is 4.79 Å². The number of methoxy groups -OCH3 is 1. The first-order chi connectivity index (χ1) is 9.01. The molecule has 1 aromatic rings. The van der Waals surface area contributed by atoms with E-state index in [1.54, 1.807) is 18.4 Å². The van der Waals surface area contributed by atoms with Gasteiger partial charge in [-0.05, 0) is 31.6 Å². The summed E-state index contributed by atoms with van der Waals surface area (Å²) in [6.45, 7) is 6.09. The minimum atomic E-state index is -0.0204. The molecule has 1 N–H and O–H groups in total. The van der Waals surface area contributed by atoms with Gasteiger partial charge in [0, 0.05) is 22.8 Å². The van der Waals surface area contributed by atoms with Gasteiger partial charge >= 0.3 is 0 Å². The van der Waals surface area contributed by atoms with Crippen LogP contribution >= 0.6 is 11.3 Å². The molecule has 102 valence electrons. The average Bonchev–Trinajstić information content (AvgIpc) is 2.69. The number of rotatable bonds is 3. The molecule has 0 aliphatic carbocycles. The van der Waals surface area contributed by atoms with Crippen molar-refractivity contribution in [2.75, 3.05) is 7.11 Å². The summed E-state index contributed by atoms with van der Waals surface area (Å²) < 4.78 is 5.36. The molecule has 0 fully saturated rings. The Balaban J connectivity index is 2.30. The molecule has 1 unspecified atom stereocenters. The summed E-state index contributed by atoms with van der Waals surface area (Å²) in [5.41, 5.74) is 5.60. The van der Waals surface area contributed by atoms with Crippen LogP contribution in [-0.4, -0.2) is 18.7 Å². The third-order valence-corrected chi connectivity index (χ3v) is 4.10. The summed E-state index contributed by atoms with van der Waals surface area (Å²) in [6, 6.07) is 2.10. The quantitative estimate of drug-likeness (QED) is 0.924. The van der Waals surface area contributed by atoms with Crippen molar-refractivity contribution in [2.45, 2.75) is 27.2 Å². The van der Waals surface area contributed by atoms with Crippen LogP contribution < -0.4 is 10.2 Å². The van der Waals surface area contributed by atoms with Crippen molar-refractivity contribution in [3.8, 4) is 5.06 Å². The number of hydrogen-bond acceptors (Lipinski definition) is 4. The molecule has 0 aromatic carbocycles. The minimum absolute atomic E-state index is 0.0204. The normalized spacial score (nSPS) is 20.0. The first-order valence-electron chi connectivity index (χ1n) is 6.20. The van der Waals surface area contributed by atoms with Gasteiger partial charge in [-0.15, -0.1) is 11.3 Å². The van der Waals surface area contributed by atoms with Crippen molar-refractivity contribution < 1.29 is 9.53 Å². The molecule has 4 nitrogen and oxygen atoms in total. The molecule has 1 aliphatic heterocycles. The topological polar surface area (TPSA) is 50.7 Å². The van der Waals surface area contributed by atoms with Crippen LogP contribution in [0.15, 0.2) is 16.7 Å². The van der Waals surface area contributed by atoms with E-state index in [4.69, 9.17) is 4.74 Å². The molecule has 5 heteroatoms. The maximum atomic E-state index is 11.2. The van der Waals surface area contributed by atoms with Gasteiger partial charge in [0.2, 0.25) is 5.91 Å². The number of thiophene rings is 1. The molecule has 0 saturated carbocycles. The number of hydrogen-bond donors (Lipinski definition) is 1. The van der Waals surface area contributed by atoms with Crippen molar-refractivity contribution in [2.24, 2.45) is 11.0 Å². The monoisotopic (exact) mass is 278 g/mol. The van der Waals surface area contributed by atoms with E-state index in [-0.39, 0.29) is 11.8 Å². The van der Waals surface area contributed by atoms with Crippen molar-refractivity contribution in [3.05, 3.63) is 22.1 Å². The molecule has 0 saturated heterocycles. The van der Waals surface area contributed by atoms with Crippen molar-refractivity contribution in [1.29, 1.82) is 0 Å². The van der Waals surface area contributed by atoms with Crippen LogP contribution in [0.4, 0.5) is 0 Å². The molecule has 1 aromatic heterocycles. The standard InChI is InChI=1S/C14H18N2O2S/c1-8(13-9(2)6-12(17)15-16-13)5-11-7-10(3)19-14(11)18-4/h5,7,9H,6H2,1-4H3,(H,15,17). The van der Waals surface area contributed by atoms with Crippen LogP contribution in [0.2, 0.25) is 0 Å². The Morgan fingerprint density at radius 3 is 3.00 bits per heavy atom. The number of nitrogens with one attached hydrogen (secondary N) is 1. The van der Waals surface area contributed by atoms with Gasteiger partial charge in [0.15, 0.2) is 5.06 Å². The van der Waals surface area contributed by atoms with Crippen molar-refractivity contribution in [3.63, 3.8) is 0 Å². The third-order valence-electron chi connectivity index (χ3n) is 3.07. The predicted octanol–water partition coefficient (Wildman–Crippen LogP) is 2.98. The third kappa shape index (κ3) is 3.04. The summed E-state index contributed by atoms with van der Waals surface area (Å²) >= 11 is 1.63. The number of ether oxygens (including phenoxy) is 1. The van der Waals surface area contributed by atoms with E-state index in [1.807, 2.05) is 13.8 Å². The zero-order valence-electron chi connectivity index (χ0n) is 11.6. The zero-order valence-corrected chi connectivity index (χ0v) is 12.4. The molecular weight excluding hydrogens is 260 g/mol. The second-order valence-corrected chi connectivity index (χ2v) is 5.99. The summed E-state index contributed by atoms with van der Waals surface area (Å²) in [6.07, 6.45) is 2.55. The van der Waals surface area contributed by atoms with E-state index < -0.39 is 0 Å². The van der Waals surface area contributed by atoms with Crippen LogP contribution in [-0.2, 0) is 4.79 Å². The Labute approximate surface area is 117 Å². The highest BCUT2D eigenvalue weighted by Crippen LogP contribution is 2.32. The van der Waals surface area contributed by atoms with Gasteiger partial charge in [0.1, 0.15) is 0 Å². The Kier molecular flexibility index (Phi) is 4.04. The van der Waals surface area contributed by atoms with Crippen LogP contribution in [0, 0.1) is 12.8 Å². The van der Waals surface area contributed by atoms with Gasteiger partial charge in [-0.2, -0.15) is 5.10 Å². The van der Waals surface area contributed by atoms with E-state index in [2.05, 4.69) is 29.6 Å². The number of amides is 1. The number of aryl methyl sites for hydroxylation is 1. The highest BCUT2D eigenvalue weighted by Gasteiger charge is 2.21. The number of nitrogens with zero attached hydrogens (tertiary/aromatic N) is 1. The average molecular weight is 278 g/mol. The van der Waals surface area contributed by atoms with Gasteiger partial charge in [0.25, 0.3) is 0 Å². The second-order valence-electron chi connectivity index (χ2n) is 4.77.